The Bertz CT molecular complexity index is 472. The van der Waals surface area contributed by atoms with Gasteiger partial charge >= 0.3 is 6.18 Å². The predicted octanol–water partition coefficient (Wildman–Crippen LogP) is 2.88. The Labute approximate surface area is 110 Å². The van der Waals surface area contributed by atoms with Crippen molar-refractivity contribution in [2.75, 3.05) is 18.0 Å². The molecule has 2 N–H and O–H groups in total. The molecule has 0 spiro atoms. The maximum atomic E-state index is 12.7. The van der Waals surface area contributed by atoms with Gasteiger partial charge in [-0.05, 0) is 42.9 Å². The highest BCUT2D eigenvalue weighted by molar-refractivity contribution is 5.50. The standard InChI is InChI=1S/C14H17F3N2/c15-14(16,17)10-2-1-3-11(6-10)19-7-9-4-5-13(18)12(9)8-19/h1-3,6,9,12-13H,4-5,7-8,18H2/t9-,12+,13+/m1/s1. The van der Waals surface area contributed by atoms with Crippen molar-refractivity contribution in [2.24, 2.45) is 17.6 Å². The number of fused-ring (bicyclic) bond motifs is 1. The van der Waals surface area contributed by atoms with E-state index in [1.807, 2.05) is 4.90 Å². The lowest BCUT2D eigenvalue weighted by Crippen LogP contribution is -2.30. The van der Waals surface area contributed by atoms with Crippen LogP contribution in [0.1, 0.15) is 18.4 Å². The van der Waals surface area contributed by atoms with Crippen molar-refractivity contribution in [1.29, 1.82) is 0 Å². The van der Waals surface area contributed by atoms with Crippen molar-refractivity contribution in [2.45, 2.75) is 25.1 Å². The molecular weight excluding hydrogens is 253 g/mol. The molecule has 0 radical (unpaired) electrons. The number of benzene rings is 1. The number of rotatable bonds is 1. The van der Waals surface area contributed by atoms with Crippen molar-refractivity contribution < 1.29 is 13.2 Å². The molecule has 1 aliphatic carbocycles. The van der Waals surface area contributed by atoms with Gasteiger partial charge in [0.25, 0.3) is 0 Å². The van der Waals surface area contributed by atoms with E-state index in [-0.39, 0.29) is 6.04 Å². The summed E-state index contributed by atoms with van der Waals surface area (Å²) in [7, 11) is 0. The van der Waals surface area contributed by atoms with Crippen LogP contribution in [0.4, 0.5) is 18.9 Å². The summed E-state index contributed by atoms with van der Waals surface area (Å²) >= 11 is 0. The zero-order chi connectivity index (χ0) is 13.6. The third kappa shape index (κ3) is 2.31. The summed E-state index contributed by atoms with van der Waals surface area (Å²) < 4.78 is 38.1. The number of alkyl halides is 3. The Morgan fingerprint density at radius 1 is 1.16 bits per heavy atom. The number of nitrogens with zero attached hydrogens (tertiary/aromatic N) is 1. The van der Waals surface area contributed by atoms with Crippen LogP contribution < -0.4 is 10.6 Å². The van der Waals surface area contributed by atoms with Gasteiger partial charge in [-0.25, -0.2) is 0 Å². The van der Waals surface area contributed by atoms with Crippen LogP contribution in [0.2, 0.25) is 0 Å². The van der Waals surface area contributed by atoms with E-state index in [9.17, 15) is 13.2 Å². The summed E-state index contributed by atoms with van der Waals surface area (Å²) in [4.78, 5) is 2.05. The molecule has 0 unspecified atom stereocenters. The number of nitrogens with two attached hydrogens (primary N) is 1. The van der Waals surface area contributed by atoms with Gasteiger partial charge in [-0.15, -0.1) is 0 Å². The highest BCUT2D eigenvalue weighted by atomic mass is 19.4. The third-order valence-electron chi connectivity index (χ3n) is 4.45. The fraction of sp³-hybridized carbons (Fsp3) is 0.571. The van der Waals surface area contributed by atoms with Gasteiger partial charge in [0.2, 0.25) is 0 Å². The quantitative estimate of drug-likeness (QED) is 0.850. The van der Waals surface area contributed by atoms with Gasteiger partial charge in [-0.1, -0.05) is 6.07 Å². The van der Waals surface area contributed by atoms with Crippen LogP contribution >= 0.6 is 0 Å². The van der Waals surface area contributed by atoms with Gasteiger partial charge in [-0.3, -0.25) is 0 Å². The second kappa shape index (κ2) is 4.40. The van der Waals surface area contributed by atoms with Crippen LogP contribution in [0.15, 0.2) is 24.3 Å². The van der Waals surface area contributed by atoms with E-state index < -0.39 is 11.7 Å². The molecule has 1 saturated carbocycles. The molecular formula is C14H17F3N2. The van der Waals surface area contributed by atoms with Crippen molar-refractivity contribution in [3.05, 3.63) is 29.8 Å². The fourth-order valence-electron chi connectivity index (χ4n) is 3.40. The highest BCUT2D eigenvalue weighted by Gasteiger charge is 2.41. The molecule has 1 aromatic rings. The Morgan fingerprint density at radius 3 is 2.63 bits per heavy atom. The van der Waals surface area contributed by atoms with E-state index in [1.54, 1.807) is 6.07 Å². The zero-order valence-electron chi connectivity index (χ0n) is 10.5. The Hall–Kier alpha value is -1.23. The molecule has 19 heavy (non-hydrogen) atoms. The lowest BCUT2D eigenvalue weighted by molar-refractivity contribution is -0.137. The molecule has 1 saturated heterocycles. The molecule has 5 heteroatoms. The maximum absolute atomic E-state index is 12.7. The predicted molar refractivity (Wildman–Crippen MR) is 67.8 cm³/mol. The van der Waals surface area contributed by atoms with Crippen molar-refractivity contribution in [3.8, 4) is 0 Å². The number of hydrogen-bond acceptors (Lipinski definition) is 2. The zero-order valence-corrected chi connectivity index (χ0v) is 10.5. The summed E-state index contributed by atoms with van der Waals surface area (Å²) in [6, 6.07) is 5.80. The highest BCUT2D eigenvalue weighted by Crippen LogP contribution is 2.40. The maximum Gasteiger partial charge on any atom is 0.416 e. The van der Waals surface area contributed by atoms with Gasteiger partial charge in [0, 0.05) is 24.8 Å². The van der Waals surface area contributed by atoms with E-state index in [1.165, 1.54) is 12.1 Å². The van der Waals surface area contributed by atoms with Gasteiger partial charge < -0.3 is 10.6 Å². The summed E-state index contributed by atoms with van der Waals surface area (Å²) in [5.41, 5.74) is 6.14. The minimum Gasteiger partial charge on any atom is -0.371 e. The molecule has 104 valence electrons. The van der Waals surface area contributed by atoms with Crippen molar-refractivity contribution in [1.82, 2.24) is 0 Å². The first-order valence-electron chi connectivity index (χ1n) is 6.63. The molecule has 0 bridgehead atoms. The van der Waals surface area contributed by atoms with E-state index in [4.69, 9.17) is 5.73 Å². The lowest BCUT2D eigenvalue weighted by Gasteiger charge is -2.21. The number of halogens is 3. The van der Waals surface area contributed by atoms with Crippen LogP contribution in [0.25, 0.3) is 0 Å². The van der Waals surface area contributed by atoms with Gasteiger partial charge in [0.15, 0.2) is 0 Å². The molecule has 2 aliphatic rings. The molecule has 1 aromatic carbocycles. The van der Waals surface area contributed by atoms with Gasteiger partial charge in [0.1, 0.15) is 0 Å². The summed E-state index contributed by atoms with van der Waals surface area (Å²) in [5.74, 6) is 0.985. The summed E-state index contributed by atoms with van der Waals surface area (Å²) in [6.07, 6.45) is -2.13. The molecule has 0 aromatic heterocycles. The Balaban J connectivity index is 1.81. The molecule has 3 rings (SSSR count). The SMILES string of the molecule is N[C@H]1CC[C@@H]2CN(c3cccc(C(F)(F)F)c3)C[C@@H]21. The van der Waals surface area contributed by atoms with E-state index in [0.717, 1.165) is 32.0 Å². The van der Waals surface area contributed by atoms with Crippen LogP contribution in [0.3, 0.4) is 0 Å². The molecule has 0 amide bonds. The average Bonchev–Trinajstić information content (AvgIpc) is 2.91. The Kier molecular flexibility index (Phi) is 2.96. The van der Waals surface area contributed by atoms with Crippen LogP contribution in [-0.4, -0.2) is 19.1 Å². The minimum atomic E-state index is -4.28. The molecule has 2 nitrogen and oxygen atoms in total. The minimum absolute atomic E-state index is 0.209. The van der Waals surface area contributed by atoms with Gasteiger partial charge in [0.05, 0.1) is 5.56 Å². The first kappa shape index (κ1) is 12.8. The molecule has 1 aliphatic heterocycles. The first-order chi connectivity index (χ1) is 8.95. The topological polar surface area (TPSA) is 29.3 Å². The van der Waals surface area contributed by atoms with Crippen molar-refractivity contribution >= 4 is 5.69 Å². The van der Waals surface area contributed by atoms with Crippen LogP contribution in [-0.2, 0) is 6.18 Å². The monoisotopic (exact) mass is 270 g/mol. The smallest absolute Gasteiger partial charge is 0.371 e. The summed E-state index contributed by atoms with van der Waals surface area (Å²) in [6.45, 7) is 1.62. The largest absolute Gasteiger partial charge is 0.416 e. The molecule has 1 heterocycles. The summed E-state index contributed by atoms with van der Waals surface area (Å²) in [5, 5.41) is 0. The van der Waals surface area contributed by atoms with Crippen LogP contribution in [0, 0.1) is 11.8 Å². The van der Waals surface area contributed by atoms with E-state index in [0.29, 0.717) is 17.5 Å². The van der Waals surface area contributed by atoms with Crippen molar-refractivity contribution in [3.63, 3.8) is 0 Å². The average molecular weight is 270 g/mol. The van der Waals surface area contributed by atoms with Gasteiger partial charge in [-0.2, -0.15) is 13.2 Å². The lowest BCUT2D eigenvalue weighted by atomic mass is 9.98. The number of anilines is 1. The van der Waals surface area contributed by atoms with E-state index in [2.05, 4.69) is 0 Å². The first-order valence-corrected chi connectivity index (χ1v) is 6.63. The second-order valence-corrected chi connectivity index (χ2v) is 5.62. The molecule has 3 atom stereocenters. The second-order valence-electron chi connectivity index (χ2n) is 5.62. The number of hydrogen-bond donors (Lipinski definition) is 1. The van der Waals surface area contributed by atoms with Crippen LogP contribution in [0.5, 0.6) is 0 Å². The molecule has 2 fully saturated rings. The fourth-order valence-corrected chi connectivity index (χ4v) is 3.40. The third-order valence-corrected chi connectivity index (χ3v) is 4.45. The van der Waals surface area contributed by atoms with E-state index >= 15 is 0 Å². The normalized spacial score (nSPS) is 30.7. The Morgan fingerprint density at radius 2 is 1.95 bits per heavy atom.